The highest BCUT2D eigenvalue weighted by atomic mass is 127. The normalized spacial score (nSPS) is 17.7. The summed E-state index contributed by atoms with van der Waals surface area (Å²) in [5.74, 6) is 0.599. The molecule has 1 aromatic rings. The molecule has 0 saturated heterocycles. The first-order chi connectivity index (χ1) is 12.9. The van der Waals surface area contributed by atoms with Gasteiger partial charge in [-0.2, -0.15) is 0 Å². The van der Waals surface area contributed by atoms with E-state index in [1.807, 2.05) is 18.2 Å². The Balaban J connectivity index is 2.16. The Kier molecular flexibility index (Phi) is 8.41. The van der Waals surface area contributed by atoms with Crippen molar-refractivity contribution in [1.82, 2.24) is 0 Å². The second-order valence-corrected chi connectivity index (χ2v) is 7.65. The van der Waals surface area contributed by atoms with E-state index in [1.54, 1.807) is 0 Å². The number of aliphatic hydroxyl groups is 1. The van der Waals surface area contributed by atoms with E-state index < -0.39 is 7.12 Å². The van der Waals surface area contributed by atoms with Crippen LogP contribution in [-0.2, 0) is 4.65 Å². The summed E-state index contributed by atoms with van der Waals surface area (Å²) < 4.78 is 11.6. The van der Waals surface area contributed by atoms with Gasteiger partial charge in [0, 0.05) is 6.32 Å². The number of ether oxygens (including phenoxy) is 1. The van der Waals surface area contributed by atoms with Crippen LogP contribution in [0.25, 0.3) is 6.08 Å². The Morgan fingerprint density at radius 2 is 2.22 bits per heavy atom. The Morgan fingerprint density at radius 3 is 2.85 bits per heavy atom. The van der Waals surface area contributed by atoms with Gasteiger partial charge in [-0.1, -0.05) is 31.2 Å². The van der Waals surface area contributed by atoms with Crippen LogP contribution < -0.4 is 4.74 Å². The molecular weight excluding hydrogens is 458 g/mol. The SMILES string of the molecule is C=C(CO)C1=CCB(O)OC1CC/C(=C/c1cc(I)c(O)c(OC)c1)CC. The lowest BCUT2D eigenvalue weighted by Crippen LogP contribution is -2.32. The van der Waals surface area contributed by atoms with Crippen molar-refractivity contribution in [2.75, 3.05) is 13.7 Å². The molecule has 1 heterocycles. The molecule has 0 bridgehead atoms. The van der Waals surface area contributed by atoms with Crippen LogP contribution in [0.3, 0.4) is 0 Å². The smallest absolute Gasteiger partial charge is 0.458 e. The van der Waals surface area contributed by atoms with Gasteiger partial charge in [-0.05, 0) is 70.7 Å². The zero-order valence-corrected chi connectivity index (χ0v) is 17.9. The maximum absolute atomic E-state index is 9.99. The lowest BCUT2D eigenvalue weighted by atomic mass is 9.78. The Morgan fingerprint density at radius 1 is 1.48 bits per heavy atom. The number of methoxy groups -OCH3 is 1. The van der Waals surface area contributed by atoms with Gasteiger partial charge in [0.1, 0.15) is 0 Å². The first kappa shape index (κ1) is 22.0. The first-order valence-electron chi connectivity index (χ1n) is 8.98. The quantitative estimate of drug-likeness (QED) is 0.385. The summed E-state index contributed by atoms with van der Waals surface area (Å²) in [5.41, 5.74) is 3.69. The van der Waals surface area contributed by atoms with E-state index >= 15 is 0 Å². The van der Waals surface area contributed by atoms with Gasteiger partial charge >= 0.3 is 7.12 Å². The van der Waals surface area contributed by atoms with Crippen molar-refractivity contribution in [2.24, 2.45) is 0 Å². The Bertz CT molecular complexity index is 744. The van der Waals surface area contributed by atoms with E-state index in [0.717, 1.165) is 27.5 Å². The Hall–Kier alpha value is -1.29. The van der Waals surface area contributed by atoms with E-state index in [2.05, 4.69) is 42.2 Å². The number of benzene rings is 1. The second-order valence-electron chi connectivity index (χ2n) is 6.48. The van der Waals surface area contributed by atoms with Gasteiger partial charge in [-0.25, -0.2) is 0 Å². The molecule has 0 saturated carbocycles. The molecule has 0 amide bonds. The minimum absolute atomic E-state index is 0.121. The number of hydrogen-bond donors (Lipinski definition) is 3. The molecule has 2 rings (SSSR count). The van der Waals surface area contributed by atoms with E-state index in [0.29, 0.717) is 24.1 Å². The van der Waals surface area contributed by atoms with Crippen LogP contribution in [0.15, 0.2) is 41.5 Å². The Labute approximate surface area is 174 Å². The minimum atomic E-state index is -0.817. The molecule has 1 atom stereocenters. The van der Waals surface area contributed by atoms with Crippen molar-refractivity contribution in [3.05, 3.63) is 50.6 Å². The minimum Gasteiger partial charge on any atom is -0.504 e. The fraction of sp³-hybridized carbons (Fsp3) is 0.400. The zero-order valence-electron chi connectivity index (χ0n) is 15.7. The number of rotatable bonds is 8. The van der Waals surface area contributed by atoms with Crippen LogP contribution >= 0.6 is 22.6 Å². The van der Waals surface area contributed by atoms with Crippen molar-refractivity contribution >= 4 is 35.8 Å². The molecule has 0 radical (unpaired) electrons. The number of phenols is 1. The largest absolute Gasteiger partial charge is 0.504 e. The lowest BCUT2D eigenvalue weighted by Gasteiger charge is -2.28. The molecule has 0 spiro atoms. The van der Waals surface area contributed by atoms with Crippen LogP contribution in [0.4, 0.5) is 0 Å². The number of hydrogen-bond acceptors (Lipinski definition) is 5. The van der Waals surface area contributed by atoms with Crippen molar-refractivity contribution in [1.29, 1.82) is 0 Å². The van der Waals surface area contributed by atoms with Crippen molar-refractivity contribution < 1.29 is 24.6 Å². The third-order valence-corrected chi connectivity index (χ3v) is 5.45. The molecule has 0 aromatic heterocycles. The first-order valence-corrected chi connectivity index (χ1v) is 10.1. The topological polar surface area (TPSA) is 79.2 Å². The van der Waals surface area contributed by atoms with Crippen LogP contribution in [0, 0.1) is 3.57 Å². The third-order valence-electron chi connectivity index (χ3n) is 4.63. The number of aromatic hydroxyl groups is 1. The lowest BCUT2D eigenvalue weighted by molar-refractivity contribution is 0.180. The standard InChI is InChI=1S/C20H26BIO5/c1-4-14(9-15-10-17(22)20(24)19(11-15)26-3)5-6-18-16(13(2)12-23)7-8-21(25)27-18/h7,9-11,18,23-25H,2,4-6,8,12H2,1,3H3/b14-9+. The molecular formula is C20H26BIO5. The molecule has 1 unspecified atom stereocenters. The van der Waals surface area contributed by atoms with Crippen molar-refractivity contribution in [3.8, 4) is 11.5 Å². The fourth-order valence-corrected chi connectivity index (χ4v) is 3.73. The van der Waals surface area contributed by atoms with Crippen LogP contribution in [-0.4, -0.2) is 42.2 Å². The number of halogens is 1. The molecule has 0 aliphatic carbocycles. The zero-order chi connectivity index (χ0) is 20.0. The van der Waals surface area contributed by atoms with Crippen molar-refractivity contribution in [3.63, 3.8) is 0 Å². The molecule has 1 aliphatic rings. The molecule has 1 aromatic carbocycles. The van der Waals surface area contributed by atoms with Crippen molar-refractivity contribution in [2.45, 2.75) is 38.6 Å². The maximum atomic E-state index is 9.99. The summed E-state index contributed by atoms with van der Waals surface area (Å²) in [6.07, 6.45) is 6.46. The van der Waals surface area contributed by atoms with E-state index in [-0.39, 0.29) is 18.5 Å². The highest BCUT2D eigenvalue weighted by molar-refractivity contribution is 14.1. The molecule has 0 fully saturated rings. The molecule has 3 N–H and O–H groups in total. The fourth-order valence-electron chi connectivity index (χ4n) is 3.10. The number of phenolic OH excluding ortho intramolecular Hbond substituents is 1. The third kappa shape index (κ3) is 5.84. The molecule has 5 nitrogen and oxygen atoms in total. The molecule has 7 heteroatoms. The highest BCUT2D eigenvalue weighted by Gasteiger charge is 2.28. The van der Waals surface area contributed by atoms with Crippen LogP contribution in [0.5, 0.6) is 11.5 Å². The highest BCUT2D eigenvalue weighted by Crippen LogP contribution is 2.34. The summed E-state index contributed by atoms with van der Waals surface area (Å²) in [4.78, 5) is 0. The van der Waals surface area contributed by atoms with Gasteiger partial charge in [0.25, 0.3) is 0 Å². The number of aliphatic hydroxyl groups excluding tert-OH is 1. The van der Waals surface area contributed by atoms with Gasteiger partial charge in [0.2, 0.25) is 0 Å². The summed E-state index contributed by atoms with van der Waals surface area (Å²) in [5, 5.41) is 29.2. The molecule has 1 aliphatic heterocycles. The molecule has 27 heavy (non-hydrogen) atoms. The van der Waals surface area contributed by atoms with Crippen LogP contribution in [0.2, 0.25) is 6.32 Å². The monoisotopic (exact) mass is 484 g/mol. The van der Waals surface area contributed by atoms with Gasteiger partial charge in [-0.3, -0.25) is 0 Å². The van der Waals surface area contributed by atoms with Gasteiger partial charge < -0.3 is 24.6 Å². The molecule has 146 valence electrons. The second kappa shape index (κ2) is 10.3. The average molecular weight is 484 g/mol. The van der Waals surface area contributed by atoms with Gasteiger partial charge in [0.15, 0.2) is 11.5 Å². The predicted octanol–water partition coefficient (Wildman–Crippen LogP) is 3.93. The summed E-state index contributed by atoms with van der Waals surface area (Å²) in [6.45, 7) is 5.86. The summed E-state index contributed by atoms with van der Waals surface area (Å²) in [7, 11) is 0.717. The maximum Gasteiger partial charge on any atom is 0.458 e. The van der Waals surface area contributed by atoms with E-state index in [9.17, 15) is 15.2 Å². The van der Waals surface area contributed by atoms with Gasteiger partial charge in [0.05, 0.1) is 23.4 Å². The van der Waals surface area contributed by atoms with E-state index in [1.165, 1.54) is 12.7 Å². The van der Waals surface area contributed by atoms with E-state index in [4.69, 9.17) is 9.39 Å². The average Bonchev–Trinajstić information content (AvgIpc) is 2.67. The van der Waals surface area contributed by atoms with Gasteiger partial charge in [-0.15, -0.1) is 0 Å². The predicted molar refractivity (Wildman–Crippen MR) is 117 cm³/mol. The summed E-state index contributed by atoms with van der Waals surface area (Å²) >= 11 is 2.08. The number of allylic oxidation sites excluding steroid dienone is 2. The van der Waals surface area contributed by atoms with Crippen LogP contribution in [0.1, 0.15) is 31.7 Å². The summed E-state index contributed by atoms with van der Waals surface area (Å²) in [6, 6.07) is 3.72.